The number of hydrogen-bond acceptors (Lipinski definition) is 8. The summed E-state index contributed by atoms with van der Waals surface area (Å²) in [5.74, 6) is -2.03. The Kier molecular flexibility index (Phi) is 7.59. The number of esters is 3. The fourth-order valence-corrected chi connectivity index (χ4v) is 3.07. The van der Waals surface area contributed by atoms with Crippen molar-refractivity contribution in [2.45, 2.75) is 58.0 Å². The zero-order valence-electron chi connectivity index (χ0n) is 17.0. The Morgan fingerprint density at radius 1 is 0.867 bits per heavy atom. The third-order valence-corrected chi connectivity index (χ3v) is 4.69. The first-order valence-electron chi connectivity index (χ1n) is 10.1. The molecule has 0 aliphatic carbocycles. The minimum absolute atomic E-state index is 0.0125. The number of benzene rings is 1. The summed E-state index contributed by atoms with van der Waals surface area (Å²) in [4.78, 5) is 37.1. The lowest BCUT2D eigenvalue weighted by atomic mass is 10.1. The van der Waals surface area contributed by atoms with E-state index in [0.717, 1.165) is 25.7 Å². The number of ether oxygens (including phenoxy) is 5. The molecule has 1 aromatic carbocycles. The molecule has 8 heteroatoms. The molecule has 3 rings (SSSR count). The van der Waals surface area contributed by atoms with Gasteiger partial charge in [-0.25, -0.2) is 14.4 Å². The van der Waals surface area contributed by atoms with Crippen molar-refractivity contribution in [3.05, 3.63) is 41.5 Å². The van der Waals surface area contributed by atoms with Gasteiger partial charge in [0.05, 0.1) is 24.3 Å². The van der Waals surface area contributed by atoms with Crippen LogP contribution in [0.1, 0.15) is 66.2 Å². The molecule has 2 aliphatic heterocycles. The lowest BCUT2D eigenvalue weighted by molar-refractivity contribution is -0.132. The quantitative estimate of drug-likeness (QED) is 0.393. The Balaban J connectivity index is 1.79. The Morgan fingerprint density at radius 3 is 1.77 bits per heavy atom. The van der Waals surface area contributed by atoms with E-state index in [1.807, 2.05) is 0 Å². The highest BCUT2D eigenvalue weighted by Gasteiger charge is 2.24. The van der Waals surface area contributed by atoms with Gasteiger partial charge in [0.15, 0.2) is 0 Å². The molecule has 0 N–H and O–H groups in total. The van der Waals surface area contributed by atoms with Crippen LogP contribution in [-0.4, -0.2) is 43.7 Å². The van der Waals surface area contributed by atoms with Gasteiger partial charge in [0.2, 0.25) is 12.6 Å². The van der Waals surface area contributed by atoms with E-state index in [1.165, 1.54) is 25.1 Å². The summed E-state index contributed by atoms with van der Waals surface area (Å²) in [7, 11) is 0. The summed E-state index contributed by atoms with van der Waals surface area (Å²) in [5, 5.41) is 0. The normalized spacial score (nSPS) is 21.4. The largest absolute Gasteiger partial charge is 0.432 e. The second-order valence-corrected chi connectivity index (χ2v) is 7.32. The summed E-state index contributed by atoms with van der Waals surface area (Å²) in [6.07, 6.45) is 3.55. The molecule has 162 valence electrons. The van der Waals surface area contributed by atoms with Crippen LogP contribution >= 0.6 is 0 Å². The average molecular weight is 418 g/mol. The van der Waals surface area contributed by atoms with Crippen LogP contribution < -0.4 is 4.74 Å². The van der Waals surface area contributed by atoms with Crippen LogP contribution in [0.25, 0.3) is 0 Å². The van der Waals surface area contributed by atoms with Crippen LogP contribution in [-0.2, 0) is 23.7 Å². The van der Waals surface area contributed by atoms with Crippen LogP contribution in [0.4, 0.5) is 0 Å². The maximum absolute atomic E-state index is 12.6. The fraction of sp³-hybridized carbons (Fsp3) is 0.500. The second kappa shape index (κ2) is 10.4. The molecule has 2 heterocycles. The zero-order chi connectivity index (χ0) is 21.5. The predicted molar refractivity (Wildman–Crippen MR) is 105 cm³/mol. The summed E-state index contributed by atoms with van der Waals surface area (Å²) in [6.45, 7) is 6.07. The molecule has 8 nitrogen and oxygen atoms in total. The van der Waals surface area contributed by atoms with E-state index in [0.29, 0.717) is 26.1 Å². The van der Waals surface area contributed by atoms with E-state index in [-0.39, 0.29) is 22.4 Å². The van der Waals surface area contributed by atoms with E-state index in [9.17, 15) is 14.4 Å². The molecular formula is C22H26O8. The third kappa shape index (κ3) is 6.14. The van der Waals surface area contributed by atoms with Gasteiger partial charge in [0.1, 0.15) is 5.75 Å². The van der Waals surface area contributed by atoms with Crippen LogP contribution in [0.5, 0.6) is 5.75 Å². The van der Waals surface area contributed by atoms with Crippen LogP contribution in [0.15, 0.2) is 30.4 Å². The van der Waals surface area contributed by atoms with Crippen molar-refractivity contribution in [3.63, 3.8) is 0 Å². The van der Waals surface area contributed by atoms with Crippen molar-refractivity contribution in [2.24, 2.45) is 0 Å². The molecule has 2 fully saturated rings. The minimum atomic E-state index is -0.682. The molecule has 30 heavy (non-hydrogen) atoms. The first-order valence-corrected chi connectivity index (χ1v) is 10.1. The van der Waals surface area contributed by atoms with Gasteiger partial charge in [-0.15, -0.1) is 0 Å². The molecule has 2 atom stereocenters. The van der Waals surface area contributed by atoms with Crippen LogP contribution in [0.2, 0.25) is 0 Å². The first kappa shape index (κ1) is 22.0. The van der Waals surface area contributed by atoms with Gasteiger partial charge in [-0.1, -0.05) is 6.58 Å². The Morgan fingerprint density at radius 2 is 1.37 bits per heavy atom. The summed E-state index contributed by atoms with van der Waals surface area (Å²) in [6, 6.07) is 4.01. The number of carbonyl (C=O) groups excluding carboxylic acids is 3. The SMILES string of the molecule is C=C(C)C(=O)Oc1cc(C(=O)OC2CCCCO2)cc(C(=O)OC2CCCCO2)c1. The third-order valence-electron chi connectivity index (χ3n) is 4.69. The summed E-state index contributed by atoms with van der Waals surface area (Å²) < 4.78 is 26.8. The Labute approximate surface area is 175 Å². The topological polar surface area (TPSA) is 97.4 Å². The number of hydrogen-bond donors (Lipinski definition) is 0. The van der Waals surface area contributed by atoms with Gasteiger partial charge in [0, 0.05) is 18.4 Å². The molecular weight excluding hydrogens is 392 g/mol. The standard InChI is InChI=1S/C22H26O8/c1-14(2)20(23)28-17-12-15(21(24)29-18-7-3-5-9-26-18)11-16(13-17)22(25)30-19-8-4-6-10-27-19/h11-13,18-19H,1,3-10H2,2H3. The molecule has 0 amide bonds. The van der Waals surface area contributed by atoms with E-state index >= 15 is 0 Å². The van der Waals surface area contributed by atoms with E-state index < -0.39 is 30.5 Å². The highest BCUT2D eigenvalue weighted by molar-refractivity contribution is 5.97. The maximum Gasteiger partial charge on any atom is 0.340 e. The molecule has 0 saturated carbocycles. The van der Waals surface area contributed by atoms with Crippen molar-refractivity contribution in [1.29, 1.82) is 0 Å². The smallest absolute Gasteiger partial charge is 0.340 e. The summed E-state index contributed by atoms with van der Waals surface area (Å²) >= 11 is 0. The molecule has 2 unspecified atom stereocenters. The van der Waals surface area contributed by atoms with Gasteiger partial charge >= 0.3 is 17.9 Å². The van der Waals surface area contributed by atoms with Gasteiger partial charge in [-0.3, -0.25) is 0 Å². The van der Waals surface area contributed by atoms with Crippen molar-refractivity contribution in [3.8, 4) is 5.75 Å². The van der Waals surface area contributed by atoms with Crippen LogP contribution in [0.3, 0.4) is 0 Å². The minimum Gasteiger partial charge on any atom is -0.432 e. The second-order valence-electron chi connectivity index (χ2n) is 7.32. The molecule has 2 aliphatic rings. The molecule has 0 radical (unpaired) electrons. The van der Waals surface area contributed by atoms with Gasteiger partial charge in [0.25, 0.3) is 0 Å². The molecule has 0 aromatic heterocycles. The molecule has 1 aromatic rings. The van der Waals surface area contributed by atoms with E-state index in [1.54, 1.807) is 0 Å². The average Bonchev–Trinajstić information content (AvgIpc) is 2.74. The number of carbonyl (C=O) groups is 3. The van der Waals surface area contributed by atoms with E-state index in [4.69, 9.17) is 23.7 Å². The Bertz CT molecular complexity index is 753. The van der Waals surface area contributed by atoms with Crippen molar-refractivity contribution < 1.29 is 38.1 Å². The van der Waals surface area contributed by atoms with Crippen molar-refractivity contribution in [2.75, 3.05) is 13.2 Å². The predicted octanol–water partition coefficient (Wildman–Crippen LogP) is 3.53. The highest BCUT2D eigenvalue weighted by Crippen LogP contribution is 2.23. The highest BCUT2D eigenvalue weighted by atomic mass is 16.7. The first-order chi connectivity index (χ1) is 14.4. The molecule has 0 spiro atoms. The zero-order valence-corrected chi connectivity index (χ0v) is 17.0. The lowest BCUT2D eigenvalue weighted by Crippen LogP contribution is -2.26. The summed E-state index contributed by atoms with van der Waals surface area (Å²) in [5.41, 5.74) is 0.277. The van der Waals surface area contributed by atoms with Crippen molar-refractivity contribution in [1.82, 2.24) is 0 Å². The monoisotopic (exact) mass is 418 g/mol. The molecule has 0 bridgehead atoms. The van der Waals surface area contributed by atoms with Gasteiger partial charge in [-0.2, -0.15) is 0 Å². The van der Waals surface area contributed by atoms with Crippen molar-refractivity contribution >= 4 is 17.9 Å². The lowest BCUT2D eigenvalue weighted by Gasteiger charge is -2.23. The molecule has 2 saturated heterocycles. The van der Waals surface area contributed by atoms with Gasteiger partial charge < -0.3 is 23.7 Å². The Hall–Kier alpha value is -2.71. The van der Waals surface area contributed by atoms with E-state index in [2.05, 4.69) is 6.58 Å². The fourth-order valence-electron chi connectivity index (χ4n) is 3.07. The maximum atomic E-state index is 12.6. The van der Waals surface area contributed by atoms with Gasteiger partial charge in [-0.05, 0) is 50.8 Å². The number of rotatable bonds is 6. The van der Waals surface area contributed by atoms with Crippen LogP contribution in [0, 0.1) is 0 Å².